The Kier molecular flexibility index (Phi) is 2.69. The van der Waals surface area contributed by atoms with Gasteiger partial charge in [-0.05, 0) is 35.6 Å². The third kappa shape index (κ3) is 1.69. The van der Waals surface area contributed by atoms with Gasteiger partial charge < -0.3 is 0 Å². The van der Waals surface area contributed by atoms with Gasteiger partial charge in [-0.15, -0.1) is 12.6 Å². The van der Waals surface area contributed by atoms with E-state index in [0.717, 1.165) is 4.90 Å². The number of rotatable bonds is 0. The molecule has 0 aliphatic rings. The maximum absolute atomic E-state index is 4.33. The average Bonchev–Trinajstić information content (AvgIpc) is 1.82. The number of benzene rings is 1. The summed E-state index contributed by atoms with van der Waals surface area (Å²) in [6, 6.07) is 4.25. The van der Waals surface area contributed by atoms with Gasteiger partial charge in [0.25, 0.3) is 0 Å². The zero-order chi connectivity index (χ0) is 7.72. The SMILES string of the molecule is Bc1cc(C)cc(S)c1I. The Hall–Kier alpha value is 0.365. The first-order valence-electron chi connectivity index (χ1n) is 3.07. The number of hydrogen-bond donors (Lipinski definition) is 1. The maximum atomic E-state index is 4.33. The van der Waals surface area contributed by atoms with Crippen molar-refractivity contribution in [3.05, 3.63) is 21.3 Å². The lowest BCUT2D eigenvalue weighted by atomic mass is 9.95. The molecule has 0 aromatic heterocycles. The van der Waals surface area contributed by atoms with Crippen molar-refractivity contribution < 1.29 is 0 Å². The molecule has 0 atom stereocenters. The molecule has 0 bridgehead atoms. The molecule has 1 aromatic carbocycles. The van der Waals surface area contributed by atoms with Crippen molar-refractivity contribution in [2.24, 2.45) is 0 Å². The Morgan fingerprint density at radius 2 is 2.10 bits per heavy atom. The minimum Gasteiger partial charge on any atom is -0.142 e. The van der Waals surface area contributed by atoms with E-state index in [1.807, 2.05) is 0 Å². The van der Waals surface area contributed by atoms with Gasteiger partial charge in [-0.3, -0.25) is 0 Å². The Balaban J connectivity index is 3.31. The third-order valence-corrected chi connectivity index (χ3v) is 3.59. The molecule has 0 spiro atoms. The second kappa shape index (κ2) is 3.18. The lowest BCUT2D eigenvalue weighted by Crippen LogP contribution is -2.08. The van der Waals surface area contributed by atoms with Crippen LogP contribution in [0.5, 0.6) is 0 Å². The molecule has 0 saturated carbocycles. The molecule has 1 rings (SSSR count). The highest BCUT2D eigenvalue weighted by Crippen LogP contribution is 2.14. The summed E-state index contributed by atoms with van der Waals surface area (Å²) >= 11 is 6.64. The van der Waals surface area contributed by atoms with Crippen LogP contribution >= 0.6 is 35.2 Å². The highest BCUT2D eigenvalue weighted by Gasteiger charge is 1.98. The second-order valence-corrected chi connectivity index (χ2v) is 3.98. The number of aryl methyl sites for hydroxylation is 1. The maximum Gasteiger partial charge on any atom is 0.140 e. The predicted molar refractivity (Wildman–Crippen MR) is 59.3 cm³/mol. The van der Waals surface area contributed by atoms with Gasteiger partial charge in [0, 0.05) is 8.47 Å². The van der Waals surface area contributed by atoms with Gasteiger partial charge in [-0.1, -0.05) is 17.1 Å². The van der Waals surface area contributed by atoms with Crippen molar-refractivity contribution >= 4 is 48.5 Å². The molecule has 0 aliphatic carbocycles. The molecular formula is C7H8BIS. The van der Waals surface area contributed by atoms with E-state index in [0.29, 0.717) is 0 Å². The van der Waals surface area contributed by atoms with Gasteiger partial charge >= 0.3 is 0 Å². The zero-order valence-corrected chi connectivity index (χ0v) is 9.03. The molecule has 0 nitrogen and oxygen atoms in total. The van der Waals surface area contributed by atoms with Crippen LogP contribution in [-0.2, 0) is 0 Å². The smallest absolute Gasteiger partial charge is 0.140 e. The van der Waals surface area contributed by atoms with E-state index in [9.17, 15) is 0 Å². The van der Waals surface area contributed by atoms with Gasteiger partial charge in [-0.25, -0.2) is 0 Å². The van der Waals surface area contributed by atoms with Gasteiger partial charge in [0.1, 0.15) is 7.85 Å². The molecule has 0 N–H and O–H groups in total. The predicted octanol–water partition coefficient (Wildman–Crippen LogP) is 1.15. The van der Waals surface area contributed by atoms with Crippen molar-refractivity contribution in [3.8, 4) is 0 Å². The highest BCUT2D eigenvalue weighted by molar-refractivity contribution is 14.1. The van der Waals surface area contributed by atoms with Crippen LogP contribution in [0.1, 0.15) is 5.56 Å². The minimum absolute atomic E-state index is 1.08. The lowest BCUT2D eigenvalue weighted by Gasteiger charge is -2.02. The van der Waals surface area contributed by atoms with Crippen molar-refractivity contribution in [2.45, 2.75) is 11.8 Å². The summed E-state index contributed by atoms with van der Waals surface area (Å²) in [5.74, 6) is 0. The lowest BCUT2D eigenvalue weighted by molar-refractivity contribution is 1.36. The molecule has 0 fully saturated rings. The van der Waals surface area contributed by atoms with E-state index in [2.05, 4.69) is 62.1 Å². The molecule has 3 heteroatoms. The van der Waals surface area contributed by atoms with Gasteiger partial charge in [0.2, 0.25) is 0 Å². The van der Waals surface area contributed by atoms with Crippen LogP contribution in [0.3, 0.4) is 0 Å². The normalized spacial score (nSPS) is 9.90. The second-order valence-electron chi connectivity index (χ2n) is 2.41. The summed E-state index contributed by atoms with van der Waals surface area (Å²) < 4.78 is 1.26. The largest absolute Gasteiger partial charge is 0.142 e. The summed E-state index contributed by atoms with van der Waals surface area (Å²) in [7, 11) is 2.11. The number of halogens is 1. The molecule has 0 unspecified atom stereocenters. The van der Waals surface area contributed by atoms with Crippen LogP contribution in [0.4, 0.5) is 0 Å². The Bertz CT molecular complexity index is 237. The summed E-state index contributed by atoms with van der Waals surface area (Å²) in [4.78, 5) is 1.08. The molecule has 10 heavy (non-hydrogen) atoms. The molecule has 0 aliphatic heterocycles. The summed E-state index contributed by atoms with van der Waals surface area (Å²) in [5.41, 5.74) is 2.59. The fourth-order valence-electron chi connectivity index (χ4n) is 0.928. The quantitative estimate of drug-likeness (QED) is 0.404. The van der Waals surface area contributed by atoms with Gasteiger partial charge in [0.15, 0.2) is 0 Å². The monoisotopic (exact) mass is 262 g/mol. The van der Waals surface area contributed by atoms with E-state index < -0.39 is 0 Å². The van der Waals surface area contributed by atoms with Crippen LogP contribution in [-0.4, -0.2) is 7.85 Å². The molecule has 1 aromatic rings. The zero-order valence-electron chi connectivity index (χ0n) is 5.98. The molecule has 52 valence electrons. The van der Waals surface area contributed by atoms with Crippen LogP contribution in [0, 0.1) is 10.5 Å². The van der Waals surface area contributed by atoms with E-state index in [1.165, 1.54) is 14.6 Å². The molecule has 0 saturated heterocycles. The highest BCUT2D eigenvalue weighted by atomic mass is 127. The van der Waals surface area contributed by atoms with E-state index in [1.54, 1.807) is 0 Å². The van der Waals surface area contributed by atoms with Crippen molar-refractivity contribution in [1.29, 1.82) is 0 Å². The molecular weight excluding hydrogens is 254 g/mol. The summed E-state index contributed by atoms with van der Waals surface area (Å²) in [5, 5.41) is 0. The van der Waals surface area contributed by atoms with Crippen molar-refractivity contribution in [2.75, 3.05) is 0 Å². The fraction of sp³-hybridized carbons (Fsp3) is 0.143. The van der Waals surface area contributed by atoms with E-state index in [4.69, 9.17) is 0 Å². The molecule has 0 amide bonds. The minimum atomic E-state index is 1.08. The topological polar surface area (TPSA) is 0 Å². The van der Waals surface area contributed by atoms with E-state index >= 15 is 0 Å². The number of thiol groups is 1. The van der Waals surface area contributed by atoms with Gasteiger partial charge in [0.05, 0.1) is 0 Å². The fourth-order valence-corrected chi connectivity index (χ4v) is 1.62. The van der Waals surface area contributed by atoms with Crippen LogP contribution in [0.2, 0.25) is 0 Å². The third-order valence-electron chi connectivity index (χ3n) is 1.38. The van der Waals surface area contributed by atoms with Crippen LogP contribution in [0.15, 0.2) is 17.0 Å². The standard InChI is InChI=1S/C7H8BIS/c1-4-2-5(8)7(9)6(10)3-4/h2-3,10H,8H2,1H3. The summed E-state index contributed by atoms with van der Waals surface area (Å²) in [6.45, 7) is 2.09. The van der Waals surface area contributed by atoms with Crippen molar-refractivity contribution in [1.82, 2.24) is 0 Å². The van der Waals surface area contributed by atoms with Crippen LogP contribution in [0.25, 0.3) is 0 Å². The Morgan fingerprint density at radius 1 is 1.50 bits per heavy atom. The van der Waals surface area contributed by atoms with Crippen LogP contribution < -0.4 is 5.46 Å². The first-order chi connectivity index (χ1) is 4.61. The van der Waals surface area contributed by atoms with Crippen molar-refractivity contribution in [3.63, 3.8) is 0 Å². The molecule has 0 radical (unpaired) electrons. The summed E-state index contributed by atoms with van der Waals surface area (Å²) in [6.07, 6.45) is 0. The first-order valence-corrected chi connectivity index (χ1v) is 4.59. The first kappa shape index (κ1) is 8.46. The average molecular weight is 262 g/mol. The molecule has 0 heterocycles. The Morgan fingerprint density at radius 3 is 2.60 bits per heavy atom. The number of hydrogen-bond acceptors (Lipinski definition) is 1. The Labute approximate surface area is 81.4 Å². The van der Waals surface area contributed by atoms with E-state index in [-0.39, 0.29) is 0 Å². The van der Waals surface area contributed by atoms with Gasteiger partial charge in [-0.2, -0.15) is 0 Å².